The molecule has 0 saturated carbocycles. The Labute approximate surface area is 179 Å². The number of carbonyl (C=O) groups is 2. The van der Waals surface area contributed by atoms with Crippen LogP contribution in [0.4, 0.5) is 11.4 Å². The summed E-state index contributed by atoms with van der Waals surface area (Å²) in [5.74, 6) is -0.746. The lowest BCUT2D eigenvalue weighted by atomic mass is 10.1. The third kappa shape index (κ3) is 4.68. The highest BCUT2D eigenvalue weighted by Crippen LogP contribution is 2.36. The number of methoxy groups -OCH3 is 1. The fourth-order valence-corrected chi connectivity index (χ4v) is 4.20. The second kappa shape index (κ2) is 8.53. The van der Waals surface area contributed by atoms with Crippen molar-refractivity contribution in [1.29, 1.82) is 0 Å². The average Bonchev–Trinajstić information content (AvgIpc) is 2.88. The van der Waals surface area contributed by atoms with Gasteiger partial charge < -0.3 is 14.8 Å². The quantitative estimate of drug-likeness (QED) is 0.715. The second-order valence-electron chi connectivity index (χ2n) is 6.85. The largest absolute Gasteiger partial charge is 0.478 e. The first-order valence-electron chi connectivity index (χ1n) is 9.04. The van der Waals surface area contributed by atoms with Crippen molar-refractivity contribution in [2.75, 3.05) is 29.5 Å². The normalized spacial score (nSPS) is 16.1. The summed E-state index contributed by atoms with van der Waals surface area (Å²) in [6.07, 6.45) is 0.263. The first kappa shape index (κ1) is 21.9. The molecule has 160 valence electrons. The van der Waals surface area contributed by atoms with Gasteiger partial charge in [0.25, 0.3) is 5.91 Å². The average molecular weight is 453 g/mol. The topological polar surface area (TPSA) is 102 Å². The number of nitrogens with one attached hydrogen (secondary N) is 1. The number of esters is 1. The molecule has 0 spiro atoms. The maximum Gasteiger partial charge on any atom is 0.337 e. The maximum absolute atomic E-state index is 12.9. The molecular weight excluding hydrogens is 432 g/mol. The number of rotatable bonds is 4. The van der Waals surface area contributed by atoms with Crippen LogP contribution in [0.2, 0.25) is 5.02 Å². The van der Waals surface area contributed by atoms with Gasteiger partial charge in [-0.05, 0) is 42.8 Å². The Hall–Kier alpha value is -2.78. The highest BCUT2D eigenvalue weighted by atomic mass is 35.5. The predicted octanol–water partition coefficient (Wildman–Crippen LogP) is 2.99. The molecule has 0 saturated heterocycles. The molecule has 8 nitrogen and oxygen atoms in total. The van der Waals surface area contributed by atoms with E-state index in [1.54, 1.807) is 25.1 Å². The van der Waals surface area contributed by atoms with Gasteiger partial charge in [0.05, 0.1) is 24.6 Å². The van der Waals surface area contributed by atoms with E-state index in [0.717, 1.165) is 11.8 Å². The monoisotopic (exact) mass is 452 g/mol. The molecule has 0 fully saturated rings. The highest BCUT2D eigenvalue weighted by molar-refractivity contribution is 7.92. The Morgan fingerprint density at radius 2 is 1.97 bits per heavy atom. The molecule has 0 unspecified atom stereocenters. The summed E-state index contributed by atoms with van der Waals surface area (Å²) in [4.78, 5) is 24.7. The maximum atomic E-state index is 12.9. The van der Waals surface area contributed by atoms with Gasteiger partial charge in [0, 0.05) is 23.7 Å². The van der Waals surface area contributed by atoms with E-state index in [9.17, 15) is 18.0 Å². The molecule has 10 heteroatoms. The summed E-state index contributed by atoms with van der Waals surface area (Å²) in [5, 5.41) is 3.11. The van der Waals surface area contributed by atoms with Gasteiger partial charge in [-0.2, -0.15) is 0 Å². The van der Waals surface area contributed by atoms with Gasteiger partial charge in [-0.3, -0.25) is 9.10 Å². The van der Waals surface area contributed by atoms with Crippen molar-refractivity contribution in [3.63, 3.8) is 0 Å². The van der Waals surface area contributed by atoms with Gasteiger partial charge in [-0.15, -0.1) is 0 Å². The van der Waals surface area contributed by atoms with Crippen molar-refractivity contribution < 1.29 is 27.5 Å². The standard InChI is InChI=1S/C20H21ClN2O6S/c1-12-4-5-13(20(25)28-2)10-15(12)22-19(24)18-8-9-23(30(3,26)27)16-11-14(21)6-7-17(16)29-18/h4-7,10-11,18H,8-9H2,1-3H3,(H,22,24)/t18-/m0/s1. The number of hydrogen-bond acceptors (Lipinski definition) is 6. The minimum atomic E-state index is -3.60. The van der Waals surface area contributed by atoms with Crippen LogP contribution in [0.1, 0.15) is 22.3 Å². The van der Waals surface area contributed by atoms with E-state index in [0.29, 0.717) is 16.3 Å². The van der Waals surface area contributed by atoms with E-state index in [-0.39, 0.29) is 24.4 Å². The van der Waals surface area contributed by atoms with Crippen LogP contribution in [0.3, 0.4) is 0 Å². The van der Waals surface area contributed by atoms with Gasteiger partial charge in [0.2, 0.25) is 10.0 Å². The molecule has 3 rings (SSSR count). The van der Waals surface area contributed by atoms with Crippen molar-refractivity contribution in [3.8, 4) is 5.75 Å². The van der Waals surface area contributed by atoms with Crippen molar-refractivity contribution in [1.82, 2.24) is 0 Å². The minimum absolute atomic E-state index is 0.0471. The second-order valence-corrected chi connectivity index (χ2v) is 9.20. The molecule has 0 aromatic heterocycles. The molecule has 1 aliphatic heterocycles. The summed E-state index contributed by atoms with van der Waals surface area (Å²) in [5.41, 5.74) is 1.76. The number of anilines is 2. The Bertz CT molecular complexity index is 1100. The number of fused-ring (bicyclic) bond motifs is 1. The lowest BCUT2D eigenvalue weighted by Crippen LogP contribution is -2.36. The van der Waals surface area contributed by atoms with Crippen LogP contribution in [-0.4, -0.2) is 46.3 Å². The number of aryl methyl sites for hydroxylation is 1. The van der Waals surface area contributed by atoms with Crippen molar-refractivity contribution >= 4 is 44.9 Å². The van der Waals surface area contributed by atoms with Crippen LogP contribution in [0.5, 0.6) is 5.75 Å². The van der Waals surface area contributed by atoms with Gasteiger partial charge in [-0.1, -0.05) is 17.7 Å². The van der Waals surface area contributed by atoms with E-state index in [1.165, 1.54) is 29.6 Å². The lowest BCUT2D eigenvalue weighted by Gasteiger charge is -2.21. The smallest absolute Gasteiger partial charge is 0.337 e. The predicted molar refractivity (Wildman–Crippen MR) is 114 cm³/mol. The van der Waals surface area contributed by atoms with Gasteiger partial charge in [-0.25, -0.2) is 13.2 Å². The Morgan fingerprint density at radius 1 is 1.23 bits per heavy atom. The molecule has 2 aromatic carbocycles. The molecule has 0 aliphatic carbocycles. The van der Waals surface area contributed by atoms with E-state index in [2.05, 4.69) is 5.32 Å². The fraction of sp³-hybridized carbons (Fsp3) is 0.300. The number of carbonyl (C=O) groups excluding carboxylic acids is 2. The van der Waals surface area contributed by atoms with E-state index < -0.39 is 28.0 Å². The SMILES string of the molecule is COC(=O)c1ccc(C)c(NC(=O)[C@@H]2CCN(S(C)(=O)=O)c3cc(Cl)ccc3O2)c1. The molecule has 30 heavy (non-hydrogen) atoms. The Morgan fingerprint density at radius 3 is 2.63 bits per heavy atom. The molecule has 2 aromatic rings. The number of amides is 1. The third-order valence-electron chi connectivity index (χ3n) is 4.66. The van der Waals surface area contributed by atoms with Gasteiger partial charge in [0.15, 0.2) is 6.10 Å². The Balaban J connectivity index is 1.88. The number of halogens is 1. The van der Waals surface area contributed by atoms with Crippen LogP contribution in [0, 0.1) is 6.92 Å². The molecule has 1 amide bonds. The number of benzene rings is 2. The first-order valence-corrected chi connectivity index (χ1v) is 11.3. The van der Waals surface area contributed by atoms with E-state index in [1.807, 2.05) is 0 Å². The summed E-state index contributed by atoms with van der Waals surface area (Å²) < 4.78 is 36.2. The van der Waals surface area contributed by atoms with Crippen LogP contribution in [-0.2, 0) is 19.6 Å². The number of nitrogens with zero attached hydrogens (tertiary/aromatic N) is 1. The molecule has 0 radical (unpaired) electrons. The zero-order valence-electron chi connectivity index (χ0n) is 16.6. The highest BCUT2D eigenvalue weighted by Gasteiger charge is 2.31. The summed E-state index contributed by atoms with van der Waals surface area (Å²) in [7, 11) is -2.33. The van der Waals surface area contributed by atoms with Crippen LogP contribution < -0.4 is 14.4 Å². The fourth-order valence-electron chi connectivity index (χ4n) is 3.10. The van der Waals surface area contributed by atoms with Crippen LogP contribution >= 0.6 is 11.6 Å². The first-order chi connectivity index (χ1) is 14.1. The summed E-state index contributed by atoms with van der Waals surface area (Å²) in [6, 6.07) is 9.39. The number of hydrogen-bond donors (Lipinski definition) is 1. The molecular formula is C20H21ClN2O6S. The zero-order valence-corrected chi connectivity index (χ0v) is 18.2. The van der Waals surface area contributed by atoms with Crippen LogP contribution in [0.25, 0.3) is 0 Å². The molecule has 1 N–H and O–H groups in total. The van der Waals surface area contributed by atoms with Crippen molar-refractivity contribution in [3.05, 3.63) is 52.5 Å². The third-order valence-corrected chi connectivity index (χ3v) is 6.08. The van der Waals surface area contributed by atoms with Crippen molar-refractivity contribution in [2.24, 2.45) is 0 Å². The number of sulfonamides is 1. The Kier molecular flexibility index (Phi) is 6.23. The van der Waals surface area contributed by atoms with Crippen LogP contribution in [0.15, 0.2) is 36.4 Å². The minimum Gasteiger partial charge on any atom is -0.478 e. The number of ether oxygens (including phenoxy) is 2. The summed E-state index contributed by atoms with van der Waals surface area (Å²) >= 11 is 6.03. The lowest BCUT2D eigenvalue weighted by molar-refractivity contribution is -0.122. The van der Waals surface area contributed by atoms with Gasteiger partial charge >= 0.3 is 5.97 Å². The van der Waals surface area contributed by atoms with E-state index >= 15 is 0 Å². The molecule has 1 aliphatic rings. The molecule has 0 bridgehead atoms. The zero-order chi connectivity index (χ0) is 22.1. The van der Waals surface area contributed by atoms with Crippen molar-refractivity contribution in [2.45, 2.75) is 19.4 Å². The summed E-state index contributed by atoms with van der Waals surface area (Å²) in [6.45, 7) is 1.83. The van der Waals surface area contributed by atoms with E-state index in [4.69, 9.17) is 21.1 Å². The van der Waals surface area contributed by atoms with Gasteiger partial charge in [0.1, 0.15) is 5.75 Å². The molecule has 1 heterocycles. The molecule has 1 atom stereocenters.